The van der Waals surface area contributed by atoms with E-state index in [2.05, 4.69) is 5.16 Å². The molecule has 0 saturated carbocycles. The van der Waals surface area contributed by atoms with Crippen LogP contribution in [0.5, 0.6) is 0 Å². The Hall–Kier alpha value is -1.55. The van der Waals surface area contributed by atoms with E-state index in [4.69, 9.17) is 21.5 Å². The van der Waals surface area contributed by atoms with Crippen molar-refractivity contribution in [1.29, 1.82) is 0 Å². The average molecular weight is 256 g/mol. The van der Waals surface area contributed by atoms with Gasteiger partial charge in [-0.2, -0.15) is 0 Å². The Bertz CT molecular complexity index is 418. The molecule has 0 saturated heterocycles. The number of rotatable bonds is 5. The lowest BCUT2D eigenvalue weighted by Crippen LogP contribution is -2.18. The molecule has 92 valence electrons. The summed E-state index contributed by atoms with van der Waals surface area (Å²) in [4.78, 5) is 11.3. The van der Waals surface area contributed by atoms with Crippen molar-refractivity contribution >= 4 is 23.3 Å². The smallest absolute Gasteiger partial charge is 0.356 e. The number of carbonyl (C=O) groups is 1. The van der Waals surface area contributed by atoms with E-state index < -0.39 is 5.97 Å². The third kappa shape index (κ3) is 4.44. The number of carbonyl (C=O) groups excluding carboxylic acids is 1. The summed E-state index contributed by atoms with van der Waals surface area (Å²) in [5.74, 6) is -0.586. The quantitative estimate of drug-likeness (QED) is 0.381. The molecule has 1 aromatic carbocycles. The number of oxime groups is 1. The zero-order valence-electron chi connectivity index (χ0n) is 9.52. The molecule has 0 unspecified atom stereocenters. The van der Waals surface area contributed by atoms with Gasteiger partial charge >= 0.3 is 5.97 Å². The van der Waals surface area contributed by atoms with Crippen LogP contribution < -0.4 is 0 Å². The van der Waals surface area contributed by atoms with Gasteiger partial charge in [0, 0.05) is 11.4 Å². The minimum Gasteiger partial charge on any atom is -0.461 e. The van der Waals surface area contributed by atoms with Crippen LogP contribution >= 0.6 is 11.6 Å². The summed E-state index contributed by atoms with van der Waals surface area (Å²) in [5.41, 5.74) is 0.995. The number of nitrogens with zero attached hydrogens (tertiary/aromatic N) is 1. The molecule has 0 radical (unpaired) electrons. The second-order valence-corrected chi connectivity index (χ2v) is 3.83. The third-order valence-electron chi connectivity index (χ3n) is 2.17. The van der Waals surface area contributed by atoms with Gasteiger partial charge in [-0.05, 0) is 31.0 Å². The van der Waals surface area contributed by atoms with Crippen molar-refractivity contribution in [2.24, 2.45) is 5.16 Å². The molecule has 0 bridgehead atoms. The number of esters is 1. The lowest BCUT2D eigenvalue weighted by Gasteiger charge is -2.04. The first kappa shape index (κ1) is 13.5. The first-order valence-electron chi connectivity index (χ1n) is 5.30. The topological polar surface area (TPSA) is 58.9 Å². The van der Waals surface area contributed by atoms with Crippen molar-refractivity contribution in [1.82, 2.24) is 0 Å². The summed E-state index contributed by atoms with van der Waals surface area (Å²) in [6.45, 7) is 1.96. The summed E-state index contributed by atoms with van der Waals surface area (Å²) >= 11 is 5.84. The Morgan fingerprint density at radius 1 is 1.53 bits per heavy atom. The molecule has 5 heteroatoms. The molecule has 1 aromatic rings. The molecule has 0 aliphatic heterocycles. The Labute approximate surface area is 105 Å². The highest BCUT2D eigenvalue weighted by Gasteiger charge is 2.13. The molecule has 17 heavy (non-hydrogen) atoms. The van der Waals surface area contributed by atoms with Gasteiger partial charge < -0.3 is 9.94 Å². The number of halogens is 1. The molecule has 1 N–H and O–H groups in total. The van der Waals surface area contributed by atoms with E-state index in [1.54, 1.807) is 13.0 Å². The van der Waals surface area contributed by atoms with E-state index in [1.807, 2.05) is 18.2 Å². The number of hydrogen-bond acceptors (Lipinski definition) is 4. The van der Waals surface area contributed by atoms with Crippen LogP contribution in [-0.2, 0) is 16.0 Å². The fourth-order valence-electron chi connectivity index (χ4n) is 1.36. The predicted octanol–water partition coefficient (Wildman–Crippen LogP) is 2.67. The van der Waals surface area contributed by atoms with Gasteiger partial charge in [-0.25, -0.2) is 4.79 Å². The Kier molecular flexibility index (Phi) is 5.49. The molecule has 4 nitrogen and oxygen atoms in total. The second kappa shape index (κ2) is 6.91. The lowest BCUT2D eigenvalue weighted by molar-refractivity contribution is -0.135. The maximum absolute atomic E-state index is 11.3. The van der Waals surface area contributed by atoms with Crippen LogP contribution in [0.3, 0.4) is 0 Å². The van der Waals surface area contributed by atoms with Gasteiger partial charge in [0.2, 0.25) is 0 Å². The van der Waals surface area contributed by atoms with Crippen LogP contribution in [0, 0.1) is 0 Å². The Morgan fingerprint density at radius 2 is 2.29 bits per heavy atom. The van der Waals surface area contributed by atoms with E-state index >= 15 is 0 Å². The third-order valence-corrected chi connectivity index (χ3v) is 2.41. The number of benzene rings is 1. The van der Waals surface area contributed by atoms with Gasteiger partial charge in [0.25, 0.3) is 0 Å². The monoisotopic (exact) mass is 255 g/mol. The first-order valence-corrected chi connectivity index (χ1v) is 5.67. The van der Waals surface area contributed by atoms with Gasteiger partial charge in [-0.1, -0.05) is 28.9 Å². The van der Waals surface area contributed by atoms with Crippen molar-refractivity contribution in [2.75, 3.05) is 6.61 Å². The van der Waals surface area contributed by atoms with Crippen LogP contribution in [0.1, 0.15) is 18.9 Å². The van der Waals surface area contributed by atoms with Crippen molar-refractivity contribution < 1.29 is 14.7 Å². The van der Waals surface area contributed by atoms with Crippen LogP contribution in [-0.4, -0.2) is 23.5 Å². The number of hydrogen-bond donors (Lipinski definition) is 1. The normalized spacial score (nSPS) is 11.3. The maximum atomic E-state index is 11.3. The van der Waals surface area contributed by atoms with E-state index in [0.717, 1.165) is 5.56 Å². The molecule has 0 heterocycles. The number of aryl methyl sites for hydroxylation is 1. The molecular formula is C12H14ClNO3. The summed E-state index contributed by atoms with van der Waals surface area (Å²) in [6.07, 6.45) is 0.883. The van der Waals surface area contributed by atoms with Gasteiger partial charge in [-0.15, -0.1) is 0 Å². The van der Waals surface area contributed by atoms with E-state index in [0.29, 0.717) is 17.9 Å². The Balaban J connectivity index is 2.57. The minimum atomic E-state index is -0.586. The van der Waals surface area contributed by atoms with E-state index in [9.17, 15) is 4.79 Å². The maximum Gasteiger partial charge on any atom is 0.356 e. The van der Waals surface area contributed by atoms with Crippen molar-refractivity contribution in [3.8, 4) is 0 Å². The molecule has 1 rings (SSSR count). The first-order chi connectivity index (χ1) is 8.17. The molecule has 0 aliphatic carbocycles. The minimum absolute atomic E-state index is 0.0202. The van der Waals surface area contributed by atoms with Crippen molar-refractivity contribution in [3.05, 3.63) is 34.9 Å². The predicted molar refractivity (Wildman–Crippen MR) is 65.6 cm³/mol. The molecule has 0 amide bonds. The highest BCUT2D eigenvalue weighted by Crippen LogP contribution is 2.12. The fourth-order valence-corrected chi connectivity index (χ4v) is 1.58. The largest absolute Gasteiger partial charge is 0.461 e. The van der Waals surface area contributed by atoms with Gasteiger partial charge in [-0.3, -0.25) is 0 Å². The summed E-state index contributed by atoms with van der Waals surface area (Å²) in [5, 5.41) is 12.3. The number of ether oxygens (including phenoxy) is 1. The fraction of sp³-hybridized carbons (Fsp3) is 0.333. The highest BCUT2D eigenvalue weighted by atomic mass is 35.5. The molecule has 0 atom stereocenters. The molecule has 0 aliphatic rings. The lowest BCUT2D eigenvalue weighted by atomic mass is 10.1. The van der Waals surface area contributed by atoms with Gasteiger partial charge in [0.1, 0.15) is 0 Å². The molecule has 0 aromatic heterocycles. The average Bonchev–Trinajstić information content (AvgIpc) is 2.30. The Morgan fingerprint density at radius 3 is 2.88 bits per heavy atom. The van der Waals surface area contributed by atoms with E-state index in [-0.39, 0.29) is 12.3 Å². The zero-order valence-corrected chi connectivity index (χ0v) is 10.3. The van der Waals surface area contributed by atoms with Crippen LogP contribution in [0.15, 0.2) is 29.4 Å². The zero-order chi connectivity index (χ0) is 12.7. The van der Waals surface area contributed by atoms with Gasteiger partial charge in [0.05, 0.1) is 6.61 Å². The summed E-state index contributed by atoms with van der Waals surface area (Å²) < 4.78 is 4.75. The van der Waals surface area contributed by atoms with Crippen LogP contribution in [0.25, 0.3) is 0 Å². The molecule has 0 spiro atoms. The van der Waals surface area contributed by atoms with Crippen molar-refractivity contribution in [2.45, 2.75) is 19.8 Å². The highest BCUT2D eigenvalue weighted by molar-refractivity contribution is 6.36. The standard InChI is InChI=1S/C12H14ClNO3/c1-2-17-12(15)11(14-16)7-6-9-4-3-5-10(13)8-9/h3-5,8,16H,2,6-7H2,1H3. The molecular weight excluding hydrogens is 242 g/mol. The summed E-state index contributed by atoms with van der Waals surface area (Å²) in [7, 11) is 0. The molecule has 0 fully saturated rings. The second-order valence-electron chi connectivity index (χ2n) is 3.40. The SMILES string of the molecule is CCOC(=O)C(CCc1cccc(Cl)c1)=NO. The summed E-state index contributed by atoms with van der Waals surface area (Å²) in [6, 6.07) is 7.31. The van der Waals surface area contributed by atoms with Gasteiger partial charge in [0.15, 0.2) is 5.71 Å². The van der Waals surface area contributed by atoms with E-state index in [1.165, 1.54) is 0 Å². The van der Waals surface area contributed by atoms with Crippen molar-refractivity contribution in [3.63, 3.8) is 0 Å². The van der Waals surface area contributed by atoms with Crippen LogP contribution in [0.2, 0.25) is 5.02 Å². The van der Waals surface area contributed by atoms with Crippen LogP contribution in [0.4, 0.5) is 0 Å².